The molecule has 0 radical (unpaired) electrons. The van der Waals surface area contributed by atoms with Gasteiger partial charge in [-0.25, -0.2) is 0 Å². The van der Waals surface area contributed by atoms with Crippen LogP contribution in [-0.2, 0) is 4.79 Å². The van der Waals surface area contributed by atoms with Crippen molar-refractivity contribution in [3.63, 3.8) is 0 Å². The van der Waals surface area contributed by atoms with Crippen LogP contribution in [0, 0.1) is 22.7 Å². The highest BCUT2D eigenvalue weighted by Gasteiger charge is 2.61. The maximum absolute atomic E-state index is 13.1. The molecule has 2 aliphatic carbocycles. The van der Waals surface area contributed by atoms with Crippen molar-refractivity contribution in [2.75, 3.05) is 13.1 Å². The molecule has 0 aromatic carbocycles. The summed E-state index contributed by atoms with van der Waals surface area (Å²) in [6.07, 6.45) is 13.1. The van der Waals surface area contributed by atoms with Gasteiger partial charge in [-0.2, -0.15) is 0 Å². The van der Waals surface area contributed by atoms with Gasteiger partial charge in [0.2, 0.25) is 5.91 Å². The molecular formula is C20H31NO. The second kappa shape index (κ2) is 5.54. The molecule has 1 saturated carbocycles. The van der Waals surface area contributed by atoms with Crippen molar-refractivity contribution in [1.29, 1.82) is 0 Å². The van der Waals surface area contributed by atoms with Gasteiger partial charge in [-0.1, -0.05) is 37.6 Å². The van der Waals surface area contributed by atoms with Gasteiger partial charge in [-0.3, -0.25) is 4.79 Å². The van der Waals surface area contributed by atoms with Gasteiger partial charge in [0.15, 0.2) is 0 Å². The van der Waals surface area contributed by atoms with Crippen LogP contribution in [0.25, 0.3) is 0 Å². The Hall–Kier alpha value is -1.05. The van der Waals surface area contributed by atoms with Crippen molar-refractivity contribution in [1.82, 2.24) is 4.90 Å². The minimum Gasteiger partial charge on any atom is -0.342 e. The van der Waals surface area contributed by atoms with Crippen molar-refractivity contribution >= 4 is 5.91 Å². The van der Waals surface area contributed by atoms with E-state index in [-0.39, 0.29) is 11.3 Å². The number of hydrogen-bond donors (Lipinski definition) is 0. The summed E-state index contributed by atoms with van der Waals surface area (Å²) in [6.45, 7) is 10.7. The second-order valence-corrected chi connectivity index (χ2v) is 8.65. The summed E-state index contributed by atoms with van der Waals surface area (Å²) in [6, 6.07) is 0. The zero-order valence-electron chi connectivity index (χ0n) is 14.7. The molecule has 22 heavy (non-hydrogen) atoms. The van der Waals surface area contributed by atoms with Crippen LogP contribution >= 0.6 is 0 Å². The lowest BCUT2D eigenvalue weighted by Gasteiger charge is -2.44. The first-order valence-corrected chi connectivity index (χ1v) is 8.95. The standard InChI is InChI=1S/C20H31NO/c1-15(2)13-16-17(19(16,3)4)18(22)21-12-8-11-20(14-21)9-6-5-7-10-20/h5-6,13,16-17H,7-12,14H2,1-4H3/t16-,17-,20+/m1/s1. The molecule has 2 fully saturated rings. The SMILES string of the molecule is CC(C)=C[C@@H]1[C@H](C(=O)N2CCC[C@@]3(CC=CCC3)C2)C1(C)C. The molecule has 2 nitrogen and oxygen atoms in total. The topological polar surface area (TPSA) is 20.3 Å². The lowest BCUT2D eigenvalue weighted by Crippen LogP contribution is -2.47. The van der Waals surface area contributed by atoms with Crippen molar-refractivity contribution < 1.29 is 4.79 Å². The van der Waals surface area contributed by atoms with E-state index in [2.05, 4.69) is 50.8 Å². The third kappa shape index (κ3) is 2.77. The number of hydrogen-bond acceptors (Lipinski definition) is 1. The third-order valence-corrected chi connectivity index (χ3v) is 6.22. The third-order valence-electron chi connectivity index (χ3n) is 6.22. The van der Waals surface area contributed by atoms with Crippen molar-refractivity contribution in [3.05, 3.63) is 23.8 Å². The molecule has 0 aromatic heterocycles. The minimum absolute atomic E-state index is 0.144. The van der Waals surface area contributed by atoms with E-state index in [9.17, 15) is 4.79 Å². The zero-order chi connectivity index (χ0) is 16.0. The molecule has 1 saturated heterocycles. The lowest BCUT2D eigenvalue weighted by molar-refractivity contribution is -0.137. The van der Waals surface area contributed by atoms with E-state index >= 15 is 0 Å². The molecule has 2 heteroatoms. The van der Waals surface area contributed by atoms with Gasteiger partial charge in [0, 0.05) is 13.1 Å². The van der Waals surface area contributed by atoms with Crippen LogP contribution in [0.2, 0.25) is 0 Å². The molecule has 0 unspecified atom stereocenters. The molecular weight excluding hydrogens is 270 g/mol. The molecule has 122 valence electrons. The van der Waals surface area contributed by atoms with Crippen LogP contribution in [-0.4, -0.2) is 23.9 Å². The van der Waals surface area contributed by atoms with E-state index in [4.69, 9.17) is 0 Å². The Labute approximate surface area is 135 Å². The number of rotatable bonds is 2. The fraction of sp³-hybridized carbons (Fsp3) is 0.750. The Morgan fingerprint density at radius 1 is 1.23 bits per heavy atom. The summed E-state index contributed by atoms with van der Waals surface area (Å²) in [5, 5.41) is 0. The highest BCUT2D eigenvalue weighted by Crippen LogP contribution is 2.60. The molecule has 1 heterocycles. The number of allylic oxidation sites excluding steroid dienone is 4. The van der Waals surface area contributed by atoms with E-state index in [0.29, 0.717) is 17.2 Å². The first-order valence-electron chi connectivity index (χ1n) is 8.95. The molecule has 3 atom stereocenters. The summed E-state index contributed by atoms with van der Waals surface area (Å²) in [5.74, 6) is 1.06. The summed E-state index contributed by atoms with van der Waals surface area (Å²) < 4.78 is 0. The van der Waals surface area contributed by atoms with Crippen LogP contribution < -0.4 is 0 Å². The van der Waals surface area contributed by atoms with Gasteiger partial charge in [0.05, 0.1) is 5.92 Å². The number of carbonyl (C=O) groups is 1. The van der Waals surface area contributed by atoms with Crippen molar-refractivity contribution in [2.45, 2.75) is 59.8 Å². The van der Waals surface area contributed by atoms with E-state index in [1.807, 2.05) is 0 Å². The Kier molecular flexibility index (Phi) is 3.99. The predicted molar refractivity (Wildman–Crippen MR) is 91.4 cm³/mol. The van der Waals surface area contributed by atoms with Gasteiger partial charge >= 0.3 is 0 Å². The molecule has 0 N–H and O–H groups in total. The molecule has 3 rings (SSSR count). The highest BCUT2D eigenvalue weighted by atomic mass is 16.2. The van der Waals surface area contributed by atoms with Gasteiger partial charge in [0.1, 0.15) is 0 Å². The Bertz CT molecular complexity index is 512. The van der Waals surface area contributed by atoms with E-state index in [1.165, 1.54) is 37.7 Å². The van der Waals surface area contributed by atoms with Crippen LogP contribution in [0.5, 0.6) is 0 Å². The molecule has 0 aromatic rings. The van der Waals surface area contributed by atoms with Crippen molar-refractivity contribution in [2.24, 2.45) is 22.7 Å². The van der Waals surface area contributed by atoms with Crippen LogP contribution in [0.15, 0.2) is 23.8 Å². The van der Waals surface area contributed by atoms with Crippen molar-refractivity contribution in [3.8, 4) is 0 Å². The zero-order valence-corrected chi connectivity index (χ0v) is 14.7. The Morgan fingerprint density at radius 3 is 2.64 bits per heavy atom. The average molecular weight is 301 g/mol. The second-order valence-electron chi connectivity index (χ2n) is 8.65. The smallest absolute Gasteiger partial charge is 0.226 e. The summed E-state index contributed by atoms with van der Waals surface area (Å²) in [5.41, 5.74) is 1.86. The first kappa shape index (κ1) is 15.8. The predicted octanol–water partition coefficient (Wildman–Crippen LogP) is 4.57. The highest BCUT2D eigenvalue weighted by molar-refractivity contribution is 5.84. The summed E-state index contributed by atoms with van der Waals surface area (Å²) >= 11 is 0. The fourth-order valence-corrected chi connectivity index (χ4v) is 4.73. The largest absolute Gasteiger partial charge is 0.342 e. The summed E-state index contributed by atoms with van der Waals surface area (Å²) in [7, 11) is 0. The van der Waals surface area contributed by atoms with Gasteiger partial charge in [0.25, 0.3) is 0 Å². The Morgan fingerprint density at radius 2 is 2.00 bits per heavy atom. The monoisotopic (exact) mass is 301 g/mol. The molecule has 3 aliphatic rings. The minimum atomic E-state index is 0.144. The molecule has 1 aliphatic heterocycles. The first-order chi connectivity index (χ1) is 10.4. The van der Waals surface area contributed by atoms with E-state index in [1.54, 1.807) is 0 Å². The molecule has 1 spiro atoms. The van der Waals surface area contributed by atoms with E-state index in [0.717, 1.165) is 13.1 Å². The molecule has 1 amide bonds. The average Bonchev–Trinajstić information content (AvgIpc) is 2.99. The fourth-order valence-electron chi connectivity index (χ4n) is 4.73. The number of carbonyl (C=O) groups excluding carboxylic acids is 1. The molecule has 0 bridgehead atoms. The van der Waals surface area contributed by atoms with Crippen LogP contribution in [0.1, 0.15) is 59.8 Å². The maximum atomic E-state index is 13.1. The van der Waals surface area contributed by atoms with Gasteiger partial charge < -0.3 is 4.90 Å². The number of piperidine rings is 1. The van der Waals surface area contributed by atoms with Gasteiger partial charge in [-0.05, 0) is 62.7 Å². The number of likely N-dealkylation sites (tertiary alicyclic amines) is 1. The van der Waals surface area contributed by atoms with Gasteiger partial charge in [-0.15, -0.1) is 0 Å². The quantitative estimate of drug-likeness (QED) is 0.684. The number of amides is 1. The van der Waals surface area contributed by atoms with E-state index < -0.39 is 0 Å². The normalized spacial score (nSPS) is 36.3. The summed E-state index contributed by atoms with van der Waals surface area (Å²) in [4.78, 5) is 15.3. The maximum Gasteiger partial charge on any atom is 0.226 e. The lowest BCUT2D eigenvalue weighted by atomic mass is 9.71. The number of nitrogens with zero attached hydrogens (tertiary/aromatic N) is 1. The van der Waals surface area contributed by atoms with Crippen LogP contribution in [0.3, 0.4) is 0 Å². The van der Waals surface area contributed by atoms with Crippen LogP contribution in [0.4, 0.5) is 0 Å². The Balaban J connectivity index is 1.70.